The third-order valence-electron chi connectivity index (χ3n) is 3.46. The van der Waals surface area contributed by atoms with E-state index in [0.717, 1.165) is 24.3 Å². The van der Waals surface area contributed by atoms with Crippen LogP contribution < -0.4 is 9.47 Å². The summed E-state index contributed by atoms with van der Waals surface area (Å²) < 4.78 is 10.7. The number of nitriles is 1. The van der Waals surface area contributed by atoms with Crippen LogP contribution in [0.2, 0.25) is 0 Å². The fourth-order valence-corrected chi connectivity index (χ4v) is 2.12. The van der Waals surface area contributed by atoms with Crippen molar-refractivity contribution >= 4 is 5.78 Å². The van der Waals surface area contributed by atoms with E-state index in [1.165, 1.54) is 0 Å². The van der Waals surface area contributed by atoms with E-state index in [0.29, 0.717) is 24.2 Å². The summed E-state index contributed by atoms with van der Waals surface area (Å²) >= 11 is 0. The molecule has 0 heterocycles. The lowest BCUT2D eigenvalue weighted by Crippen LogP contribution is -2.02. The molecule has 0 unspecified atom stereocenters. The molecule has 0 aliphatic heterocycles. The minimum absolute atomic E-state index is 0.131. The summed E-state index contributed by atoms with van der Waals surface area (Å²) in [5, 5.41) is 8.72. The maximum atomic E-state index is 12.0. The number of methoxy groups -OCH3 is 1. The maximum absolute atomic E-state index is 12.0. The second-order valence-electron chi connectivity index (χ2n) is 5.09. The largest absolute Gasteiger partial charge is 0.497 e. The lowest BCUT2D eigenvalue weighted by Gasteiger charge is -2.06. The van der Waals surface area contributed by atoms with Crippen molar-refractivity contribution in [3.63, 3.8) is 0 Å². The summed E-state index contributed by atoms with van der Waals surface area (Å²) in [6, 6.07) is 16.2. The van der Waals surface area contributed by atoms with Crippen LogP contribution in [0.3, 0.4) is 0 Å². The van der Waals surface area contributed by atoms with Gasteiger partial charge in [0, 0.05) is 12.0 Å². The fraction of sp³-hybridized carbons (Fsp3) is 0.263. The van der Waals surface area contributed by atoms with Gasteiger partial charge in [0.1, 0.15) is 11.5 Å². The zero-order chi connectivity index (χ0) is 16.5. The van der Waals surface area contributed by atoms with E-state index in [-0.39, 0.29) is 5.78 Å². The number of carbonyl (C=O) groups is 1. The summed E-state index contributed by atoms with van der Waals surface area (Å²) in [5.74, 6) is 1.62. The zero-order valence-corrected chi connectivity index (χ0v) is 13.1. The van der Waals surface area contributed by atoms with Gasteiger partial charge >= 0.3 is 0 Å². The number of carbonyl (C=O) groups excluding carboxylic acids is 1. The molecule has 0 N–H and O–H groups in total. The number of hydrogen-bond acceptors (Lipinski definition) is 4. The predicted octanol–water partition coefficient (Wildman–Crippen LogP) is 4.00. The van der Waals surface area contributed by atoms with Crippen LogP contribution >= 0.6 is 0 Å². The second kappa shape index (κ2) is 8.60. The Morgan fingerprint density at radius 2 is 1.65 bits per heavy atom. The molecule has 0 aliphatic carbocycles. The van der Waals surface area contributed by atoms with Crippen LogP contribution in [0.25, 0.3) is 0 Å². The van der Waals surface area contributed by atoms with E-state index in [2.05, 4.69) is 6.07 Å². The van der Waals surface area contributed by atoms with Crippen LogP contribution in [0.4, 0.5) is 0 Å². The van der Waals surface area contributed by atoms with Crippen LogP contribution in [0.5, 0.6) is 11.5 Å². The highest BCUT2D eigenvalue weighted by Crippen LogP contribution is 2.15. The fourth-order valence-electron chi connectivity index (χ4n) is 2.12. The van der Waals surface area contributed by atoms with E-state index in [4.69, 9.17) is 14.7 Å². The van der Waals surface area contributed by atoms with Gasteiger partial charge in [-0.05, 0) is 61.4 Å². The highest BCUT2D eigenvalue weighted by Gasteiger charge is 2.05. The molecule has 0 saturated heterocycles. The Labute approximate surface area is 136 Å². The van der Waals surface area contributed by atoms with E-state index < -0.39 is 0 Å². The normalized spacial score (nSPS) is 9.91. The van der Waals surface area contributed by atoms with Crippen molar-refractivity contribution in [2.45, 2.75) is 19.3 Å². The standard InChI is InChI=1S/C19H19NO3/c1-22-17-11-7-16(8-12-17)19(21)4-2-3-13-23-18-9-5-15(14-20)6-10-18/h5-12H,2-4,13H2,1H3. The quantitative estimate of drug-likeness (QED) is 0.546. The number of unbranched alkanes of at least 4 members (excludes halogenated alkanes) is 1. The summed E-state index contributed by atoms with van der Waals surface area (Å²) in [6.07, 6.45) is 2.09. The third-order valence-corrected chi connectivity index (χ3v) is 3.46. The Morgan fingerprint density at radius 1 is 1.00 bits per heavy atom. The first-order valence-electron chi connectivity index (χ1n) is 7.53. The Balaban J connectivity index is 1.68. The predicted molar refractivity (Wildman–Crippen MR) is 87.8 cm³/mol. The number of hydrogen-bond donors (Lipinski definition) is 0. The molecule has 0 spiro atoms. The summed E-state index contributed by atoms with van der Waals surface area (Å²) in [4.78, 5) is 12.0. The van der Waals surface area contributed by atoms with Crippen molar-refractivity contribution in [1.82, 2.24) is 0 Å². The van der Waals surface area contributed by atoms with E-state index in [1.54, 1.807) is 55.6 Å². The number of nitrogens with zero attached hydrogens (tertiary/aromatic N) is 1. The van der Waals surface area contributed by atoms with Crippen molar-refractivity contribution < 1.29 is 14.3 Å². The molecule has 2 aromatic rings. The Bertz CT molecular complexity index is 669. The van der Waals surface area contributed by atoms with Gasteiger partial charge in [0.15, 0.2) is 5.78 Å². The van der Waals surface area contributed by atoms with Gasteiger partial charge in [-0.2, -0.15) is 5.26 Å². The van der Waals surface area contributed by atoms with Gasteiger partial charge in [0.05, 0.1) is 25.3 Å². The van der Waals surface area contributed by atoms with Crippen LogP contribution in [0, 0.1) is 11.3 Å². The number of ether oxygens (including phenoxy) is 2. The molecule has 23 heavy (non-hydrogen) atoms. The molecule has 0 aromatic heterocycles. The minimum atomic E-state index is 0.131. The average Bonchev–Trinajstić information content (AvgIpc) is 2.62. The van der Waals surface area contributed by atoms with Gasteiger partial charge < -0.3 is 9.47 Å². The molecular weight excluding hydrogens is 290 g/mol. The maximum Gasteiger partial charge on any atom is 0.162 e. The molecule has 2 aromatic carbocycles. The summed E-state index contributed by atoms with van der Waals surface area (Å²) in [6.45, 7) is 0.557. The molecule has 0 radical (unpaired) electrons. The van der Waals surface area contributed by atoms with Gasteiger partial charge in [-0.1, -0.05) is 0 Å². The lowest BCUT2D eigenvalue weighted by molar-refractivity contribution is 0.0978. The van der Waals surface area contributed by atoms with Crippen LogP contribution in [0.15, 0.2) is 48.5 Å². The second-order valence-corrected chi connectivity index (χ2v) is 5.09. The number of ketones is 1. The molecule has 0 fully saturated rings. The van der Waals surface area contributed by atoms with Crippen molar-refractivity contribution in [3.8, 4) is 17.6 Å². The molecule has 0 bridgehead atoms. The topological polar surface area (TPSA) is 59.3 Å². The number of benzene rings is 2. The molecular formula is C19H19NO3. The van der Waals surface area contributed by atoms with Crippen LogP contribution in [-0.2, 0) is 0 Å². The Hall–Kier alpha value is -2.80. The van der Waals surface area contributed by atoms with Gasteiger partial charge in [0.2, 0.25) is 0 Å². The van der Waals surface area contributed by atoms with E-state index in [1.807, 2.05) is 0 Å². The van der Waals surface area contributed by atoms with E-state index in [9.17, 15) is 4.79 Å². The van der Waals surface area contributed by atoms with Crippen molar-refractivity contribution in [1.29, 1.82) is 5.26 Å². The molecule has 4 heteroatoms. The average molecular weight is 309 g/mol. The Kier molecular flexibility index (Phi) is 6.19. The molecule has 118 valence electrons. The van der Waals surface area contributed by atoms with Crippen molar-refractivity contribution in [3.05, 3.63) is 59.7 Å². The number of Topliss-reactive ketones (excluding diaryl/α,β-unsaturated/α-hetero) is 1. The summed E-state index contributed by atoms with van der Waals surface area (Å²) in [7, 11) is 1.60. The van der Waals surface area contributed by atoms with Gasteiger partial charge in [-0.25, -0.2) is 0 Å². The zero-order valence-electron chi connectivity index (χ0n) is 13.1. The van der Waals surface area contributed by atoms with Crippen molar-refractivity contribution in [2.75, 3.05) is 13.7 Å². The number of rotatable bonds is 8. The van der Waals surface area contributed by atoms with Crippen molar-refractivity contribution in [2.24, 2.45) is 0 Å². The molecule has 0 aliphatic rings. The highest BCUT2D eigenvalue weighted by atomic mass is 16.5. The first-order valence-corrected chi connectivity index (χ1v) is 7.53. The SMILES string of the molecule is COc1ccc(C(=O)CCCCOc2ccc(C#N)cc2)cc1. The lowest BCUT2D eigenvalue weighted by atomic mass is 10.1. The van der Waals surface area contributed by atoms with Crippen LogP contribution in [0.1, 0.15) is 35.2 Å². The smallest absolute Gasteiger partial charge is 0.162 e. The van der Waals surface area contributed by atoms with Gasteiger partial charge in [-0.15, -0.1) is 0 Å². The summed E-state index contributed by atoms with van der Waals surface area (Å²) in [5.41, 5.74) is 1.32. The molecule has 0 atom stereocenters. The first-order chi connectivity index (χ1) is 11.2. The molecule has 4 nitrogen and oxygen atoms in total. The molecule has 0 amide bonds. The van der Waals surface area contributed by atoms with Gasteiger partial charge in [-0.3, -0.25) is 4.79 Å². The molecule has 0 saturated carbocycles. The van der Waals surface area contributed by atoms with E-state index >= 15 is 0 Å². The highest BCUT2D eigenvalue weighted by molar-refractivity contribution is 5.96. The monoisotopic (exact) mass is 309 g/mol. The first kappa shape index (κ1) is 16.6. The third kappa shape index (κ3) is 5.15. The van der Waals surface area contributed by atoms with Gasteiger partial charge in [0.25, 0.3) is 0 Å². The van der Waals surface area contributed by atoms with Crippen LogP contribution in [-0.4, -0.2) is 19.5 Å². The molecule has 2 rings (SSSR count). The minimum Gasteiger partial charge on any atom is -0.497 e. The Morgan fingerprint density at radius 3 is 2.26 bits per heavy atom.